The fourth-order valence-corrected chi connectivity index (χ4v) is 1.85. The number of pyridine rings is 1. The molecule has 2 rings (SSSR count). The molecule has 0 aliphatic heterocycles. The summed E-state index contributed by atoms with van der Waals surface area (Å²) in [7, 11) is 0. The van der Waals surface area contributed by atoms with Crippen LogP contribution in [0.15, 0.2) is 42.6 Å². The first-order valence-electron chi connectivity index (χ1n) is 5.38. The molecule has 0 unspecified atom stereocenters. The van der Waals surface area contributed by atoms with Crippen molar-refractivity contribution in [3.05, 3.63) is 52.6 Å². The van der Waals surface area contributed by atoms with Gasteiger partial charge in [-0.1, -0.05) is 35.3 Å². The average Bonchev–Trinajstić information content (AvgIpc) is 2.38. The minimum Gasteiger partial charge on any atom is -0.487 e. The van der Waals surface area contributed by atoms with Gasteiger partial charge in [-0.25, -0.2) is 4.98 Å². The summed E-state index contributed by atoms with van der Waals surface area (Å²) in [6.45, 7) is 0.721. The Morgan fingerprint density at radius 1 is 0.889 bits per heavy atom. The largest absolute Gasteiger partial charge is 0.487 e. The maximum Gasteiger partial charge on any atom is 0.213 e. The van der Waals surface area contributed by atoms with E-state index in [2.05, 4.69) is 4.98 Å². The highest BCUT2D eigenvalue weighted by Crippen LogP contribution is 2.32. The first-order valence-corrected chi connectivity index (χ1v) is 6.13. The summed E-state index contributed by atoms with van der Waals surface area (Å²) in [6, 6.07) is 10.7. The molecule has 1 aromatic carbocycles. The average molecular weight is 284 g/mol. The van der Waals surface area contributed by atoms with E-state index >= 15 is 0 Å². The van der Waals surface area contributed by atoms with E-state index < -0.39 is 0 Å². The van der Waals surface area contributed by atoms with Gasteiger partial charge in [0.25, 0.3) is 0 Å². The highest BCUT2D eigenvalue weighted by atomic mass is 35.5. The minimum atomic E-state index is 0.347. The van der Waals surface area contributed by atoms with Gasteiger partial charge < -0.3 is 9.47 Å². The van der Waals surface area contributed by atoms with Gasteiger partial charge in [0, 0.05) is 12.3 Å². The van der Waals surface area contributed by atoms with Gasteiger partial charge in [-0.05, 0) is 18.2 Å². The number of hydrogen-bond acceptors (Lipinski definition) is 3. The molecule has 0 fully saturated rings. The molecule has 0 spiro atoms. The number of nitrogens with zero attached hydrogens (tertiary/aromatic N) is 1. The van der Waals surface area contributed by atoms with Crippen LogP contribution >= 0.6 is 23.2 Å². The van der Waals surface area contributed by atoms with Crippen molar-refractivity contribution in [1.29, 1.82) is 0 Å². The molecule has 0 aliphatic carbocycles. The number of ether oxygens (including phenoxy) is 2. The van der Waals surface area contributed by atoms with Crippen LogP contribution in [0.25, 0.3) is 0 Å². The monoisotopic (exact) mass is 283 g/mol. The standard InChI is InChI=1S/C13H11Cl2NO2/c14-10-4-3-5-11(15)13(10)18-9-8-17-12-6-1-2-7-16-12/h1-7H,8-9H2. The zero-order valence-corrected chi connectivity index (χ0v) is 11.0. The highest BCUT2D eigenvalue weighted by Gasteiger charge is 2.06. The number of aromatic nitrogens is 1. The molecule has 0 N–H and O–H groups in total. The van der Waals surface area contributed by atoms with Crippen LogP contribution in [0.4, 0.5) is 0 Å². The first-order chi connectivity index (χ1) is 8.77. The van der Waals surface area contributed by atoms with Crippen LogP contribution in [0.5, 0.6) is 11.6 Å². The molecule has 18 heavy (non-hydrogen) atoms. The third-order valence-electron chi connectivity index (χ3n) is 2.14. The third kappa shape index (κ3) is 3.52. The molecule has 0 aliphatic rings. The molecule has 1 heterocycles. The third-order valence-corrected chi connectivity index (χ3v) is 2.73. The van der Waals surface area contributed by atoms with Gasteiger partial charge in [0.15, 0.2) is 5.75 Å². The van der Waals surface area contributed by atoms with Crippen molar-refractivity contribution in [3.63, 3.8) is 0 Å². The fourth-order valence-electron chi connectivity index (χ4n) is 1.34. The topological polar surface area (TPSA) is 31.4 Å². The predicted octanol–water partition coefficient (Wildman–Crippen LogP) is 3.85. The molecule has 3 nitrogen and oxygen atoms in total. The number of halogens is 2. The van der Waals surface area contributed by atoms with E-state index in [1.54, 1.807) is 30.5 Å². The summed E-state index contributed by atoms with van der Waals surface area (Å²) >= 11 is 11.9. The van der Waals surface area contributed by atoms with Gasteiger partial charge in [0.2, 0.25) is 5.88 Å². The summed E-state index contributed by atoms with van der Waals surface area (Å²) < 4.78 is 10.9. The van der Waals surface area contributed by atoms with Gasteiger partial charge in [0.05, 0.1) is 10.0 Å². The highest BCUT2D eigenvalue weighted by molar-refractivity contribution is 6.37. The predicted molar refractivity (Wildman–Crippen MR) is 71.7 cm³/mol. The van der Waals surface area contributed by atoms with Crippen LogP contribution in [-0.4, -0.2) is 18.2 Å². The minimum absolute atomic E-state index is 0.347. The Morgan fingerprint density at radius 2 is 1.61 bits per heavy atom. The first kappa shape index (κ1) is 13.0. The molecular weight excluding hydrogens is 273 g/mol. The second-order valence-corrected chi connectivity index (χ2v) is 4.23. The smallest absolute Gasteiger partial charge is 0.213 e. The lowest BCUT2D eigenvalue weighted by molar-refractivity contribution is 0.212. The van der Waals surface area contributed by atoms with E-state index in [0.717, 1.165) is 0 Å². The van der Waals surface area contributed by atoms with E-state index in [-0.39, 0.29) is 0 Å². The van der Waals surface area contributed by atoms with Crippen LogP contribution in [0.2, 0.25) is 10.0 Å². The zero-order valence-electron chi connectivity index (χ0n) is 9.48. The summed E-state index contributed by atoms with van der Waals surface area (Å²) in [6.07, 6.45) is 1.67. The van der Waals surface area contributed by atoms with Crippen molar-refractivity contribution in [2.75, 3.05) is 13.2 Å². The lowest BCUT2D eigenvalue weighted by Gasteiger charge is -2.10. The van der Waals surface area contributed by atoms with Crippen molar-refractivity contribution in [2.24, 2.45) is 0 Å². The van der Waals surface area contributed by atoms with Crippen molar-refractivity contribution >= 4 is 23.2 Å². The maximum absolute atomic E-state index is 5.96. The fraction of sp³-hybridized carbons (Fsp3) is 0.154. The molecule has 0 bridgehead atoms. The molecule has 0 amide bonds. The molecule has 0 atom stereocenters. The number of benzene rings is 1. The van der Waals surface area contributed by atoms with Crippen molar-refractivity contribution < 1.29 is 9.47 Å². The van der Waals surface area contributed by atoms with Gasteiger partial charge in [-0.2, -0.15) is 0 Å². The Bertz CT molecular complexity index is 485. The molecule has 0 saturated carbocycles. The van der Waals surface area contributed by atoms with Crippen molar-refractivity contribution in [1.82, 2.24) is 4.98 Å². The summed E-state index contributed by atoms with van der Waals surface area (Å²) in [5, 5.41) is 0.973. The number of para-hydroxylation sites is 1. The second kappa shape index (κ2) is 6.47. The van der Waals surface area contributed by atoms with Crippen LogP contribution < -0.4 is 9.47 Å². The molecule has 0 radical (unpaired) electrons. The normalized spacial score (nSPS) is 10.1. The van der Waals surface area contributed by atoms with Crippen molar-refractivity contribution in [3.8, 4) is 11.6 Å². The summed E-state index contributed by atoms with van der Waals surface area (Å²) in [5.41, 5.74) is 0. The SMILES string of the molecule is Clc1cccc(Cl)c1OCCOc1ccccn1. The van der Waals surface area contributed by atoms with Crippen LogP contribution in [0.3, 0.4) is 0 Å². The second-order valence-electron chi connectivity index (χ2n) is 3.42. The summed E-state index contributed by atoms with van der Waals surface area (Å²) in [4.78, 5) is 4.03. The van der Waals surface area contributed by atoms with Gasteiger partial charge in [0.1, 0.15) is 13.2 Å². The van der Waals surface area contributed by atoms with Gasteiger partial charge >= 0.3 is 0 Å². The molecule has 94 valence electrons. The number of rotatable bonds is 5. The van der Waals surface area contributed by atoms with E-state index in [9.17, 15) is 0 Å². The molecule has 1 aromatic heterocycles. The molecule has 2 aromatic rings. The molecule has 5 heteroatoms. The van der Waals surface area contributed by atoms with E-state index in [1.165, 1.54) is 0 Å². The van der Waals surface area contributed by atoms with Gasteiger partial charge in [-0.3, -0.25) is 0 Å². The Kier molecular flexibility index (Phi) is 4.67. The lowest BCUT2D eigenvalue weighted by atomic mass is 10.3. The maximum atomic E-state index is 5.96. The van der Waals surface area contributed by atoms with Crippen LogP contribution in [0.1, 0.15) is 0 Å². The number of hydrogen-bond donors (Lipinski definition) is 0. The zero-order chi connectivity index (χ0) is 12.8. The molecule has 0 saturated heterocycles. The van der Waals surface area contributed by atoms with Crippen LogP contribution in [-0.2, 0) is 0 Å². The van der Waals surface area contributed by atoms with E-state index in [4.69, 9.17) is 32.7 Å². The Labute approximate surface area is 115 Å². The Balaban J connectivity index is 1.82. The van der Waals surface area contributed by atoms with E-state index in [0.29, 0.717) is 34.9 Å². The Morgan fingerprint density at radius 3 is 2.28 bits per heavy atom. The van der Waals surface area contributed by atoms with E-state index in [1.807, 2.05) is 12.1 Å². The lowest BCUT2D eigenvalue weighted by Crippen LogP contribution is -2.10. The van der Waals surface area contributed by atoms with Gasteiger partial charge in [-0.15, -0.1) is 0 Å². The summed E-state index contributed by atoms with van der Waals surface area (Å²) in [5.74, 6) is 1.04. The van der Waals surface area contributed by atoms with Crippen LogP contribution in [0, 0.1) is 0 Å². The Hall–Kier alpha value is -1.45. The van der Waals surface area contributed by atoms with Crippen molar-refractivity contribution in [2.45, 2.75) is 0 Å². The molecular formula is C13H11Cl2NO2. The quantitative estimate of drug-likeness (QED) is 0.781.